The van der Waals surface area contributed by atoms with Crippen LogP contribution in [0.2, 0.25) is 0 Å². The Kier molecular flexibility index (Phi) is 4.22. The molecule has 3 nitrogen and oxygen atoms in total. The van der Waals surface area contributed by atoms with Gasteiger partial charge in [-0.2, -0.15) is 13.2 Å². The highest BCUT2D eigenvalue weighted by Crippen LogP contribution is 2.32. The lowest BCUT2D eigenvalue weighted by atomic mass is 10.1. The van der Waals surface area contributed by atoms with Gasteiger partial charge in [0.2, 0.25) is 0 Å². The van der Waals surface area contributed by atoms with Gasteiger partial charge in [-0.3, -0.25) is 0 Å². The van der Waals surface area contributed by atoms with Crippen molar-refractivity contribution in [2.75, 3.05) is 5.32 Å². The molecule has 112 valence electrons. The number of thiocarbonyl (C=S) groups is 1. The molecule has 0 saturated carbocycles. The molecule has 0 fully saturated rings. The molecular formula is C14H13F3N2OS. The molecule has 0 aliphatic carbocycles. The molecule has 2 rings (SSSR count). The SMILES string of the molecule is Cc1ccc(CNc2ccc(C(F)(F)F)cc2C(N)=S)o1. The van der Waals surface area contributed by atoms with E-state index in [9.17, 15) is 13.2 Å². The van der Waals surface area contributed by atoms with Gasteiger partial charge in [0.05, 0.1) is 12.1 Å². The van der Waals surface area contributed by atoms with Gasteiger partial charge in [-0.15, -0.1) is 0 Å². The van der Waals surface area contributed by atoms with E-state index >= 15 is 0 Å². The van der Waals surface area contributed by atoms with Crippen molar-refractivity contribution in [1.82, 2.24) is 0 Å². The Hall–Kier alpha value is -2.02. The maximum atomic E-state index is 12.7. The topological polar surface area (TPSA) is 51.2 Å². The number of benzene rings is 1. The Morgan fingerprint density at radius 1 is 1.29 bits per heavy atom. The number of rotatable bonds is 4. The van der Waals surface area contributed by atoms with Gasteiger partial charge >= 0.3 is 6.18 Å². The van der Waals surface area contributed by atoms with Crippen LogP contribution in [0.4, 0.5) is 18.9 Å². The summed E-state index contributed by atoms with van der Waals surface area (Å²) in [6, 6.07) is 6.83. The Morgan fingerprint density at radius 3 is 2.52 bits per heavy atom. The van der Waals surface area contributed by atoms with E-state index in [0.29, 0.717) is 18.0 Å². The van der Waals surface area contributed by atoms with E-state index in [0.717, 1.165) is 17.9 Å². The third kappa shape index (κ3) is 3.75. The summed E-state index contributed by atoms with van der Waals surface area (Å²) < 4.78 is 43.5. The predicted octanol–water partition coefficient (Wildman–Crippen LogP) is 3.85. The van der Waals surface area contributed by atoms with Crippen LogP contribution >= 0.6 is 12.2 Å². The molecule has 1 aromatic carbocycles. The number of furan rings is 1. The van der Waals surface area contributed by atoms with Crippen LogP contribution in [0, 0.1) is 6.92 Å². The van der Waals surface area contributed by atoms with Crippen molar-refractivity contribution < 1.29 is 17.6 Å². The lowest BCUT2D eigenvalue weighted by Gasteiger charge is -2.13. The lowest BCUT2D eigenvalue weighted by molar-refractivity contribution is -0.137. The summed E-state index contributed by atoms with van der Waals surface area (Å²) in [6.45, 7) is 2.14. The van der Waals surface area contributed by atoms with E-state index in [1.165, 1.54) is 6.07 Å². The first kappa shape index (κ1) is 15.4. The van der Waals surface area contributed by atoms with Crippen LogP contribution in [-0.2, 0) is 12.7 Å². The molecule has 0 atom stereocenters. The van der Waals surface area contributed by atoms with Crippen molar-refractivity contribution in [2.45, 2.75) is 19.6 Å². The largest absolute Gasteiger partial charge is 0.465 e. The normalized spacial score (nSPS) is 11.4. The Morgan fingerprint density at radius 2 is 2.00 bits per heavy atom. The number of alkyl halides is 3. The third-order valence-electron chi connectivity index (χ3n) is 2.86. The van der Waals surface area contributed by atoms with Crippen LogP contribution in [0.5, 0.6) is 0 Å². The van der Waals surface area contributed by atoms with Crippen LogP contribution in [-0.4, -0.2) is 4.99 Å². The number of aryl methyl sites for hydroxylation is 1. The van der Waals surface area contributed by atoms with Gasteiger partial charge in [0, 0.05) is 11.3 Å². The summed E-state index contributed by atoms with van der Waals surface area (Å²) in [6.07, 6.45) is -4.43. The van der Waals surface area contributed by atoms with Crippen molar-refractivity contribution in [3.8, 4) is 0 Å². The molecule has 0 aliphatic heterocycles. The minimum atomic E-state index is -4.43. The van der Waals surface area contributed by atoms with Gasteiger partial charge in [-0.05, 0) is 37.3 Å². The van der Waals surface area contributed by atoms with Crippen molar-refractivity contribution in [1.29, 1.82) is 0 Å². The Bertz CT molecular complexity index is 664. The average Bonchev–Trinajstić information content (AvgIpc) is 2.80. The molecule has 3 N–H and O–H groups in total. The summed E-state index contributed by atoms with van der Waals surface area (Å²) >= 11 is 4.81. The highest BCUT2D eigenvalue weighted by atomic mass is 32.1. The number of nitrogens with one attached hydrogen (secondary N) is 1. The van der Waals surface area contributed by atoms with Crippen LogP contribution < -0.4 is 11.1 Å². The highest BCUT2D eigenvalue weighted by Gasteiger charge is 2.31. The van der Waals surface area contributed by atoms with Crippen LogP contribution in [0.1, 0.15) is 22.6 Å². The van der Waals surface area contributed by atoms with E-state index in [2.05, 4.69) is 5.32 Å². The van der Waals surface area contributed by atoms with Crippen molar-refractivity contribution >= 4 is 22.9 Å². The minimum absolute atomic E-state index is 0.0979. The van der Waals surface area contributed by atoms with Crippen molar-refractivity contribution in [3.05, 3.63) is 53.0 Å². The number of hydrogen-bond donors (Lipinski definition) is 2. The standard InChI is InChI=1S/C14H13F3N2OS/c1-8-2-4-10(20-8)7-19-12-5-3-9(14(15,16)17)6-11(12)13(18)21/h2-6,19H,7H2,1H3,(H2,18,21). The monoisotopic (exact) mass is 314 g/mol. The second-order valence-corrected chi connectivity index (χ2v) is 4.93. The van der Waals surface area contributed by atoms with Crippen molar-refractivity contribution in [3.63, 3.8) is 0 Å². The van der Waals surface area contributed by atoms with Crippen LogP contribution in [0.3, 0.4) is 0 Å². The second-order valence-electron chi connectivity index (χ2n) is 4.49. The summed E-state index contributed by atoms with van der Waals surface area (Å²) in [7, 11) is 0. The molecule has 21 heavy (non-hydrogen) atoms. The number of halogens is 3. The maximum absolute atomic E-state index is 12.7. The van der Waals surface area contributed by atoms with Gasteiger partial charge < -0.3 is 15.5 Å². The van der Waals surface area contributed by atoms with Crippen LogP contribution in [0.25, 0.3) is 0 Å². The first-order chi connectivity index (χ1) is 9.77. The summed E-state index contributed by atoms with van der Waals surface area (Å²) in [5, 5.41) is 2.97. The zero-order valence-electron chi connectivity index (χ0n) is 11.1. The summed E-state index contributed by atoms with van der Waals surface area (Å²) in [5.74, 6) is 1.43. The summed E-state index contributed by atoms with van der Waals surface area (Å²) in [5.41, 5.74) is 5.30. The fraction of sp³-hybridized carbons (Fsp3) is 0.214. The van der Waals surface area contributed by atoms with Gasteiger partial charge in [0.25, 0.3) is 0 Å². The molecule has 1 aromatic heterocycles. The minimum Gasteiger partial charge on any atom is -0.465 e. The highest BCUT2D eigenvalue weighted by molar-refractivity contribution is 7.80. The smallest absolute Gasteiger partial charge is 0.416 e. The quantitative estimate of drug-likeness (QED) is 0.842. The molecule has 0 aliphatic rings. The summed E-state index contributed by atoms with van der Waals surface area (Å²) in [4.78, 5) is -0.0979. The zero-order valence-corrected chi connectivity index (χ0v) is 11.9. The van der Waals surface area contributed by atoms with E-state index in [-0.39, 0.29) is 10.6 Å². The lowest BCUT2D eigenvalue weighted by Crippen LogP contribution is -2.15. The third-order valence-corrected chi connectivity index (χ3v) is 3.08. The van der Waals surface area contributed by atoms with Crippen LogP contribution in [0.15, 0.2) is 34.7 Å². The van der Waals surface area contributed by atoms with Gasteiger partial charge in [0.1, 0.15) is 16.5 Å². The second kappa shape index (κ2) is 5.77. The van der Waals surface area contributed by atoms with E-state index in [4.69, 9.17) is 22.4 Å². The van der Waals surface area contributed by atoms with E-state index < -0.39 is 11.7 Å². The average molecular weight is 314 g/mol. The van der Waals surface area contributed by atoms with E-state index in [1.807, 2.05) is 6.92 Å². The maximum Gasteiger partial charge on any atom is 0.416 e. The van der Waals surface area contributed by atoms with E-state index in [1.54, 1.807) is 12.1 Å². The molecule has 7 heteroatoms. The Labute approximate surface area is 124 Å². The molecular weight excluding hydrogens is 301 g/mol. The van der Waals surface area contributed by atoms with Gasteiger partial charge in [-0.1, -0.05) is 12.2 Å². The zero-order chi connectivity index (χ0) is 15.6. The molecule has 0 unspecified atom stereocenters. The van der Waals surface area contributed by atoms with Crippen molar-refractivity contribution in [2.24, 2.45) is 5.73 Å². The molecule has 0 spiro atoms. The predicted molar refractivity (Wildman–Crippen MR) is 78.1 cm³/mol. The number of anilines is 1. The molecule has 1 heterocycles. The first-order valence-corrected chi connectivity index (χ1v) is 6.48. The van der Waals surface area contributed by atoms with Gasteiger partial charge in [0.15, 0.2) is 0 Å². The van der Waals surface area contributed by atoms with Gasteiger partial charge in [-0.25, -0.2) is 0 Å². The molecule has 0 bridgehead atoms. The molecule has 0 amide bonds. The first-order valence-electron chi connectivity index (χ1n) is 6.07. The fourth-order valence-electron chi connectivity index (χ4n) is 1.84. The number of hydrogen-bond acceptors (Lipinski definition) is 3. The molecule has 0 saturated heterocycles. The molecule has 0 radical (unpaired) electrons. The Balaban J connectivity index is 2.24. The number of nitrogens with two attached hydrogens (primary N) is 1. The fourth-order valence-corrected chi connectivity index (χ4v) is 2.01. The molecule has 2 aromatic rings.